The summed E-state index contributed by atoms with van der Waals surface area (Å²) in [4.78, 5) is 21.5. The molecule has 1 fully saturated rings. The molecule has 0 aliphatic heterocycles. The van der Waals surface area contributed by atoms with Crippen molar-refractivity contribution in [1.82, 2.24) is 9.97 Å². The van der Waals surface area contributed by atoms with Crippen molar-refractivity contribution in [2.75, 3.05) is 0 Å². The minimum absolute atomic E-state index is 0.0304. The van der Waals surface area contributed by atoms with Gasteiger partial charge in [-0.15, -0.1) is 11.3 Å². The molecule has 0 radical (unpaired) electrons. The van der Waals surface area contributed by atoms with E-state index in [9.17, 15) is 4.79 Å². The van der Waals surface area contributed by atoms with Gasteiger partial charge in [-0.1, -0.05) is 13.3 Å². The van der Waals surface area contributed by atoms with Crippen molar-refractivity contribution in [2.24, 2.45) is 0 Å². The Bertz CT molecular complexity index is 580. The van der Waals surface area contributed by atoms with Gasteiger partial charge in [0.05, 0.1) is 5.39 Å². The van der Waals surface area contributed by atoms with Gasteiger partial charge in [0.25, 0.3) is 5.56 Å². The highest BCUT2D eigenvalue weighted by molar-refractivity contribution is 7.18. The first-order chi connectivity index (χ1) is 7.78. The lowest BCUT2D eigenvalue weighted by Crippen LogP contribution is -2.18. The van der Waals surface area contributed by atoms with Crippen LogP contribution in [0, 0.1) is 0 Å². The van der Waals surface area contributed by atoms with Crippen LogP contribution in [0.15, 0.2) is 10.9 Å². The number of fused-ring (bicyclic) bond motifs is 1. The van der Waals surface area contributed by atoms with Gasteiger partial charge in [-0.05, 0) is 25.3 Å². The average molecular weight is 234 g/mol. The monoisotopic (exact) mass is 234 g/mol. The molecule has 1 aliphatic rings. The van der Waals surface area contributed by atoms with E-state index < -0.39 is 0 Å². The molecule has 0 amide bonds. The summed E-state index contributed by atoms with van der Waals surface area (Å²) in [6.45, 7) is 2.10. The first-order valence-corrected chi connectivity index (χ1v) is 6.62. The van der Waals surface area contributed by atoms with Gasteiger partial charge in [0.1, 0.15) is 10.7 Å². The fraction of sp³-hybridized carbons (Fsp3) is 0.500. The van der Waals surface area contributed by atoms with E-state index in [1.165, 1.54) is 24.1 Å². The van der Waals surface area contributed by atoms with Crippen LogP contribution in [0.2, 0.25) is 0 Å². The molecule has 2 aromatic heterocycles. The van der Waals surface area contributed by atoms with E-state index in [-0.39, 0.29) is 5.56 Å². The molecule has 0 spiro atoms. The van der Waals surface area contributed by atoms with Crippen molar-refractivity contribution < 1.29 is 0 Å². The summed E-state index contributed by atoms with van der Waals surface area (Å²) in [5.74, 6) is 1.39. The van der Waals surface area contributed by atoms with E-state index in [0.717, 1.165) is 22.5 Å². The molecule has 1 N–H and O–H groups in total. The Morgan fingerprint density at radius 3 is 3.00 bits per heavy atom. The molecule has 0 bridgehead atoms. The maximum absolute atomic E-state index is 11.9. The van der Waals surface area contributed by atoms with Gasteiger partial charge < -0.3 is 4.98 Å². The van der Waals surface area contributed by atoms with Crippen LogP contribution in [0.1, 0.15) is 42.8 Å². The van der Waals surface area contributed by atoms with E-state index in [1.54, 1.807) is 11.3 Å². The number of hydrogen-bond acceptors (Lipinski definition) is 3. The highest BCUT2D eigenvalue weighted by atomic mass is 32.1. The van der Waals surface area contributed by atoms with Crippen LogP contribution in [-0.4, -0.2) is 9.97 Å². The van der Waals surface area contributed by atoms with Gasteiger partial charge in [0, 0.05) is 10.8 Å². The molecule has 3 nitrogen and oxygen atoms in total. The summed E-state index contributed by atoms with van der Waals surface area (Å²) in [6, 6.07) is 1.97. The summed E-state index contributed by atoms with van der Waals surface area (Å²) in [5, 5.41) is 0.755. The van der Waals surface area contributed by atoms with Crippen molar-refractivity contribution in [1.29, 1.82) is 0 Å². The molecule has 4 heteroatoms. The number of hydrogen-bond donors (Lipinski definition) is 1. The van der Waals surface area contributed by atoms with E-state index in [4.69, 9.17) is 0 Å². The minimum atomic E-state index is 0.0304. The molecule has 1 aliphatic carbocycles. The lowest BCUT2D eigenvalue weighted by molar-refractivity contribution is 0.402. The molecule has 2 aromatic rings. The third kappa shape index (κ3) is 1.48. The summed E-state index contributed by atoms with van der Waals surface area (Å²) in [6.07, 6.45) is 4.57. The van der Waals surface area contributed by atoms with E-state index in [2.05, 4.69) is 16.9 Å². The average Bonchev–Trinajstić information content (AvgIpc) is 2.58. The number of aromatic nitrogens is 2. The molecule has 16 heavy (non-hydrogen) atoms. The van der Waals surface area contributed by atoms with Crippen molar-refractivity contribution in [3.05, 3.63) is 27.1 Å². The molecular formula is C12H14N2OS. The lowest BCUT2D eigenvalue weighted by atomic mass is 9.85. The Hall–Kier alpha value is -1.16. The number of aryl methyl sites for hydroxylation is 1. The van der Waals surface area contributed by atoms with Crippen LogP contribution in [0.25, 0.3) is 10.2 Å². The molecular weight excluding hydrogens is 220 g/mol. The Morgan fingerprint density at radius 2 is 2.38 bits per heavy atom. The van der Waals surface area contributed by atoms with Gasteiger partial charge in [0.15, 0.2) is 0 Å². The molecule has 2 heterocycles. The number of nitrogens with one attached hydrogen (secondary N) is 1. The summed E-state index contributed by atoms with van der Waals surface area (Å²) in [7, 11) is 0. The molecule has 0 atom stereocenters. The van der Waals surface area contributed by atoms with Crippen LogP contribution in [0.4, 0.5) is 0 Å². The Labute approximate surface area is 97.5 Å². The number of thiophene rings is 1. The van der Waals surface area contributed by atoms with Crippen molar-refractivity contribution >= 4 is 21.6 Å². The summed E-state index contributed by atoms with van der Waals surface area (Å²) in [5.41, 5.74) is 0.0304. The Balaban J connectivity index is 2.16. The van der Waals surface area contributed by atoms with Gasteiger partial charge in [-0.3, -0.25) is 4.79 Å². The van der Waals surface area contributed by atoms with Crippen LogP contribution in [0.3, 0.4) is 0 Å². The first-order valence-electron chi connectivity index (χ1n) is 5.80. The third-order valence-electron chi connectivity index (χ3n) is 3.31. The highest BCUT2D eigenvalue weighted by Crippen LogP contribution is 2.34. The van der Waals surface area contributed by atoms with Crippen molar-refractivity contribution in [3.8, 4) is 0 Å². The Morgan fingerprint density at radius 1 is 1.56 bits per heavy atom. The maximum atomic E-state index is 11.9. The molecule has 3 rings (SSSR count). The quantitative estimate of drug-likeness (QED) is 0.868. The van der Waals surface area contributed by atoms with Crippen molar-refractivity contribution in [3.63, 3.8) is 0 Å². The third-order valence-corrected chi connectivity index (χ3v) is 4.49. The minimum Gasteiger partial charge on any atom is -0.310 e. The normalized spacial score (nSPS) is 16.6. The van der Waals surface area contributed by atoms with Crippen LogP contribution in [-0.2, 0) is 6.42 Å². The number of H-pyrrole nitrogens is 1. The zero-order chi connectivity index (χ0) is 11.1. The SMILES string of the molecule is CCc1cc2c(=O)[nH]c(C3CCC3)nc2s1. The largest absolute Gasteiger partial charge is 0.310 e. The van der Waals surface area contributed by atoms with Crippen LogP contribution >= 0.6 is 11.3 Å². The topological polar surface area (TPSA) is 45.8 Å². The molecule has 1 saturated carbocycles. The van der Waals surface area contributed by atoms with Gasteiger partial charge in [-0.2, -0.15) is 0 Å². The summed E-state index contributed by atoms with van der Waals surface area (Å²) >= 11 is 1.65. The highest BCUT2D eigenvalue weighted by Gasteiger charge is 2.22. The predicted molar refractivity (Wildman–Crippen MR) is 66.2 cm³/mol. The van der Waals surface area contributed by atoms with E-state index >= 15 is 0 Å². The van der Waals surface area contributed by atoms with Crippen LogP contribution < -0.4 is 5.56 Å². The standard InChI is InChI=1S/C12H14N2OS/c1-2-8-6-9-11(15)13-10(7-4-3-5-7)14-12(9)16-8/h6-7H,2-5H2,1H3,(H,13,14,15). The number of nitrogens with zero attached hydrogens (tertiary/aromatic N) is 1. The zero-order valence-corrected chi connectivity index (χ0v) is 10.1. The second-order valence-corrected chi connectivity index (χ2v) is 5.48. The Kier molecular flexibility index (Phi) is 2.32. The zero-order valence-electron chi connectivity index (χ0n) is 9.25. The molecule has 84 valence electrons. The molecule has 0 unspecified atom stereocenters. The fourth-order valence-electron chi connectivity index (χ4n) is 2.05. The second-order valence-electron chi connectivity index (χ2n) is 4.36. The van der Waals surface area contributed by atoms with E-state index in [0.29, 0.717) is 5.92 Å². The maximum Gasteiger partial charge on any atom is 0.259 e. The van der Waals surface area contributed by atoms with Crippen molar-refractivity contribution in [2.45, 2.75) is 38.5 Å². The van der Waals surface area contributed by atoms with E-state index in [1.807, 2.05) is 6.07 Å². The van der Waals surface area contributed by atoms with Crippen LogP contribution in [0.5, 0.6) is 0 Å². The van der Waals surface area contributed by atoms with Gasteiger partial charge in [-0.25, -0.2) is 4.98 Å². The second kappa shape index (κ2) is 3.70. The molecule has 0 saturated heterocycles. The molecule has 0 aromatic carbocycles. The fourth-order valence-corrected chi connectivity index (χ4v) is 3.02. The smallest absolute Gasteiger partial charge is 0.259 e. The lowest BCUT2D eigenvalue weighted by Gasteiger charge is -2.23. The summed E-state index contributed by atoms with van der Waals surface area (Å²) < 4.78 is 0. The number of rotatable bonds is 2. The van der Waals surface area contributed by atoms with Gasteiger partial charge in [0.2, 0.25) is 0 Å². The number of aromatic amines is 1. The predicted octanol–water partition coefficient (Wildman–Crippen LogP) is 2.81. The first kappa shape index (κ1) is 10.0. The van der Waals surface area contributed by atoms with Gasteiger partial charge >= 0.3 is 0 Å².